The van der Waals surface area contributed by atoms with Crippen LogP contribution in [0.25, 0.3) is 0 Å². The lowest BCUT2D eigenvalue weighted by Crippen LogP contribution is -2.43. The van der Waals surface area contributed by atoms with Gasteiger partial charge in [-0.05, 0) is 64.5 Å². The molecule has 0 radical (unpaired) electrons. The molecule has 0 aromatic carbocycles. The van der Waals surface area contributed by atoms with Crippen LogP contribution in [-0.4, -0.2) is 61.5 Å². The first-order valence-electron chi connectivity index (χ1n) is 8.78. The van der Waals surface area contributed by atoms with Crippen molar-refractivity contribution in [1.82, 2.24) is 15.1 Å². The molecule has 0 saturated carbocycles. The second-order valence-corrected chi connectivity index (χ2v) is 7.77. The van der Waals surface area contributed by atoms with Crippen molar-refractivity contribution in [2.75, 3.05) is 33.7 Å². The van der Waals surface area contributed by atoms with Crippen LogP contribution in [0.3, 0.4) is 0 Å². The molecule has 0 aromatic heterocycles. The van der Waals surface area contributed by atoms with E-state index in [4.69, 9.17) is 0 Å². The molecule has 2 atom stereocenters. The van der Waals surface area contributed by atoms with Crippen molar-refractivity contribution in [2.24, 2.45) is 11.8 Å². The van der Waals surface area contributed by atoms with Gasteiger partial charge in [0.15, 0.2) is 0 Å². The minimum Gasteiger partial charge on any atom is -0.343 e. The van der Waals surface area contributed by atoms with E-state index in [2.05, 4.69) is 29.2 Å². The zero-order chi connectivity index (χ0) is 14.8. The molecule has 3 aliphatic rings. The van der Waals surface area contributed by atoms with Crippen LogP contribution in [0.5, 0.6) is 0 Å². The van der Waals surface area contributed by atoms with Gasteiger partial charge in [-0.25, -0.2) is 0 Å². The van der Waals surface area contributed by atoms with Crippen molar-refractivity contribution in [3.8, 4) is 0 Å². The number of hydrogen-bond acceptors (Lipinski definition) is 3. The summed E-state index contributed by atoms with van der Waals surface area (Å²) in [7, 11) is 4.28. The van der Waals surface area contributed by atoms with Gasteiger partial charge in [0.25, 0.3) is 0 Å². The molecule has 120 valence electrons. The maximum atomic E-state index is 12.5. The predicted molar refractivity (Wildman–Crippen MR) is 85.1 cm³/mol. The third kappa shape index (κ3) is 3.98. The van der Waals surface area contributed by atoms with Crippen molar-refractivity contribution in [3.63, 3.8) is 0 Å². The smallest absolute Gasteiger partial charge is 0.222 e. The summed E-state index contributed by atoms with van der Waals surface area (Å²) >= 11 is 0. The van der Waals surface area contributed by atoms with E-state index in [1.807, 2.05) is 0 Å². The van der Waals surface area contributed by atoms with E-state index in [1.165, 1.54) is 45.1 Å². The summed E-state index contributed by atoms with van der Waals surface area (Å²) in [6, 6.07) is 1.40. The van der Waals surface area contributed by atoms with Gasteiger partial charge in [-0.1, -0.05) is 0 Å². The largest absolute Gasteiger partial charge is 0.343 e. The van der Waals surface area contributed by atoms with Crippen LogP contribution in [0, 0.1) is 11.8 Å². The molecule has 3 aliphatic heterocycles. The molecule has 0 spiro atoms. The Morgan fingerprint density at radius 1 is 1.05 bits per heavy atom. The Hall–Kier alpha value is -0.610. The number of hydrogen-bond donors (Lipinski definition) is 1. The standard InChI is InChI=1S/C17H31N3O/c1-19(2)12-13-5-7-20(8-6-13)17(21)11-14-9-15-3-4-16(10-14)18-15/h13-16,18H,3-12H2,1-2H3. The highest BCUT2D eigenvalue weighted by atomic mass is 16.2. The van der Waals surface area contributed by atoms with Crippen LogP contribution < -0.4 is 5.32 Å². The maximum absolute atomic E-state index is 12.5. The monoisotopic (exact) mass is 293 g/mol. The van der Waals surface area contributed by atoms with Crippen molar-refractivity contribution < 1.29 is 4.79 Å². The first-order chi connectivity index (χ1) is 10.1. The summed E-state index contributed by atoms with van der Waals surface area (Å²) in [6.07, 6.45) is 8.26. The summed E-state index contributed by atoms with van der Waals surface area (Å²) in [5.41, 5.74) is 0. The number of fused-ring (bicyclic) bond motifs is 2. The highest BCUT2D eigenvalue weighted by Crippen LogP contribution is 2.33. The molecule has 0 aliphatic carbocycles. The summed E-state index contributed by atoms with van der Waals surface area (Å²) in [5.74, 6) is 1.83. The first kappa shape index (κ1) is 15.3. The van der Waals surface area contributed by atoms with Gasteiger partial charge in [-0.3, -0.25) is 4.79 Å². The minimum absolute atomic E-state index is 0.421. The average Bonchev–Trinajstić information content (AvgIpc) is 2.78. The topological polar surface area (TPSA) is 35.6 Å². The van der Waals surface area contributed by atoms with Crippen LogP contribution in [0.15, 0.2) is 0 Å². The molecular weight excluding hydrogens is 262 g/mol. The Morgan fingerprint density at radius 3 is 2.24 bits per heavy atom. The molecule has 21 heavy (non-hydrogen) atoms. The second kappa shape index (κ2) is 6.66. The molecule has 1 amide bonds. The van der Waals surface area contributed by atoms with E-state index >= 15 is 0 Å². The van der Waals surface area contributed by atoms with Gasteiger partial charge < -0.3 is 15.1 Å². The number of carbonyl (C=O) groups is 1. The van der Waals surface area contributed by atoms with Crippen LogP contribution in [0.1, 0.15) is 44.9 Å². The molecule has 3 rings (SSSR count). The van der Waals surface area contributed by atoms with Crippen molar-refractivity contribution in [3.05, 3.63) is 0 Å². The van der Waals surface area contributed by atoms with Gasteiger partial charge in [0.05, 0.1) is 0 Å². The number of rotatable bonds is 4. The van der Waals surface area contributed by atoms with Gasteiger partial charge >= 0.3 is 0 Å². The van der Waals surface area contributed by atoms with E-state index < -0.39 is 0 Å². The van der Waals surface area contributed by atoms with Crippen LogP contribution >= 0.6 is 0 Å². The van der Waals surface area contributed by atoms with Crippen LogP contribution in [0.4, 0.5) is 0 Å². The SMILES string of the molecule is CN(C)CC1CCN(C(=O)CC2CC3CCC(C2)N3)CC1. The lowest BCUT2D eigenvalue weighted by atomic mass is 9.88. The second-order valence-electron chi connectivity index (χ2n) is 7.77. The molecule has 4 nitrogen and oxygen atoms in total. The molecule has 3 saturated heterocycles. The Kier molecular flexibility index (Phi) is 4.85. The highest BCUT2D eigenvalue weighted by Gasteiger charge is 2.35. The Bertz CT molecular complexity index is 351. The van der Waals surface area contributed by atoms with Crippen LogP contribution in [-0.2, 0) is 4.79 Å². The third-order valence-corrected chi connectivity index (χ3v) is 5.62. The van der Waals surface area contributed by atoms with Gasteiger partial charge in [0.1, 0.15) is 0 Å². The van der Waals surface area contributed by atoms with Crippen molar-refractivity contribution in [2.45, 2.75) is 57.0 Å². The van der Waals surface area contributed by atoms with E-state index in [-0.39, 0.29) is 0 Å². The van der Waals surface area contributed by atoms with Crippen LogP contribution in [0.2, 0.25) is 0 Å². The van der Waals surface area contributed by atoms with E-state index in [0.29, 0.717) is 23.9 Å². The third-order valence-electron chi connectivity index (χ3n) is 5.62. The number of nitrogens with one attached hydrogen (secondary N) is 1. The van der Waals surface area contributed by atoms with Crippen molar-refractivity contribution >= 4 is 5.91 Å². The molecule has 3 fully saturated rings. The maximum Gasteiger partial charge on any atom is 0.222 e. The fourth-order valence-corrected chi connectivity index (χ4v) is 4.60. The minimum atomic E-state index is 0.421. The van der Waals surface area contributed by atoms with E-state index in [0.717, 1.165) is 25.4 Å². The Morgan fingerprint density at radius 2 is 1.67 bits per heavy atom. The summed E-state index contributed by atoms with van der Waals surface area (Å²) in [5, 5.41) is 3.67. The fraction of sp³-hybridized carbons (Fsp3) is 0.941. The Balaban J connectivity index is 1.42. The molecular formula is C17H31N3O. The summed E-state index contributed by atoms with van der Waals surface area (Å²) in [4.78, 5) is 16.9. The fourth-order valence-electron chi connectivity index (χ4n) is 4.60. The summed E-state index contributed by atoms with van der Waals surface area (Å²) < 4.78 is 0. The molecule has 4 heteroatoms. The normalized spacial score (nSPS) is 33.7. The van der Waals surface area contributed by atoms with Gasteiger partial charge in [0.2, 0.25) is 5.91 Å². The number of carbonyl (C=O) groups excluding carboxylic acids is 1. The molecule has 0 aromatic rings. The quantitative estimate of drug-likeness (QED) is 0.857. The Labute approximate surface area is 129 Å². The molecule has 1 N–H and O–H groups in total. The average molecular weight is 293 g/mol. The highest BCUT2D eigenvalue weighted by molar-refractivity contribution is 5.76. The number of likely N-dealkylation sites (tertiary alicyclic amines) is 1. The molecule has 2 bridgehead atoms. The number of nitrogens with zero attached hydrogens (tertiary/aromatic N) is 2. The van der Waals surface area contributed by atoms with E-state index in [9.17, 15) is 4.79 Å². The molecule has 2 unspecified atom stereocenters. The molecule has 3 heterocycles. The predicted octanol–water partition coefficient (Wildman–Crippen LogP) is 1.71. The summed E-state index contributed by atoms with van der Waals surface area (Å²) in [6.45, 7) is 3.13. The van der Waals surface area contributed by atoms with Gasteiger partial charge in [-0.2, -0.15) is 0 Å². The van der Waals surface area contributed by atoms with Gasteiger partial charge in [0, 0.05) is 38.1 Å². The zero-order valence-electron chi connectivity index (χ0n) is 13.7. The number of piperidine rings is 2. The van der Waals surface area contributed by atoms with E-state index in [1.54, 1.807) is 0 Å². The zero-order valence-corrected chi connectivity index (χ0v) is 13.7. The number of amides is 1. The lowest BCUT2D eigenvalue weighted by molar-refractivity contribution is -0.133. The van der Waals surface area contributed by atoms with Gasteiger partial charge in [-0.15, -0.1) is 0 Å². The van der Waals surface area contributed by atoms with Crippen molar-refractivity contribution in [1.29, 1.82) is 0 Å². The first-order valence-corrected chi connectivity index (χ1v) is 8.78. The lowest BCUT2D eigenvalue weighted by Gasteiger charge is -2.35.